The SMILES string of the molecule is O=C(C[C@H]1C=CCC1)Nc1cccc(C(=O)Nc2cccc(C(F)(F)F)c2)c1. The predicted octanol–water partition coefficient (Wildman–Crippen LogP) is 5.25. The molecule has 0 unspecified atom stereocenters. The van der Waals surface area contributed by atoms with Gasteiger partial charge in [-0.2, -0.15) is 13.2 Å². The molecule has 146 valence electrons. The highest BCUT2D eigenvalue weighted by Gasteiger charge is 2.30. The third-order valence-corrected chi connectivity index (χ3v) is 4.42. The third kappa shape index (κ3) is 5.22. The Morgan fingerprint density at radius 3 is 2.39 bits per heavy atom. The van der Waals surface area contributed by atoms with Crippen LogP contribution in [-0.2, 0) is 11.0 Å². The Bertz CT molecular complexity index is 907. The van der Waals surface area contributed by atoms with Crippen molar-refractivity contribution < 1.29 is 22.8 Å². The molecule has 0 aliphatic heterocycles. The van der Waals surface area contributed by atoms with Crippen molar-refractivity contribution in [2.45, 2.75) is 25.4 Å². The Morgan fingerprint density at radius 1 is 1.00 bits per heavy atom. The number of anilines is 2. The van der Waals surface area contributed by atoms with Crippen molar-refractivity contribution in [2.24, 2.45) is 5.92 Å². The van der Waals surface area contributed by atoms with E-state index in [0.29, 0.717) is 12.1 Å². The first kappa shape index (κ1) is 19.7. The topological polar surface area (TPSA) is 58.2 Å². The second-order valence-corrected chi connectivity index (χ2v) is 6.63. The van der Waals surface area contributed by atoms with Crippen LogP contribution in [0.15, 0.2) is 60.7 Å². The van der Waals surface area contributed by atoms with E-state index in [0.717, 1.165) is 25.0 Å². The summed E-state index contributed by atoms with van der Waals surface area (Å²) in [6.07, 6.45) is 1.89. The number of nitrogens with one attached hydrogen (secondary N) is 2. The van der Waals surface area contributed by atoms with E-state index in [4.69, 9.17) is 0 Å². The van der Waals surface area contributed by atoms with E-state index in [1.165, 1.54) is 24.3 Å². The zero-order valence-corrected chi connectivity index (χ0v) is 14.9. The van der Waals surface area contributed by atoms with Gasteiger partial charge >= 0.3 is 6.18 Å². The van der Waals surface area contributed by atoms with Crippen molar-refractivity contribution in [3.63, 3.8) is 0 Å². The smallest absolute Gasteiger partial charge is 0.326 e. The first-order chi connectivity index (χ1) is 13.3. The van der Waals surface area contributed by atoms with Crippen LogP contribution in [0, 0.1) is 5.92 Å². The molecule has 7 heteroatoms. The lowest BCUT2D eigenvalue weighted by Gasteiger charge is -2.11. The summed E-state index contributed by atoms with van der Waals surface area (Å²) in [6.45, 7) is 0. The number of carbonyl (C=O) groups is 2. The second kappa shape index (κ2) is 8.29. The van der Waals surface area contributed by atoms with Crippen LogP contribution < -0.4 is 10.6 Å². The minimum atomic E-state index is -4.49. The molecule has 3 rings (SSSR count). The first-order valence-electron chi connectivity index (χ1n) is 8.86. The van der Waals surface area contributed by atoms with Gasteiger partial charge in [-0.3, -0.25) is 9.59 Å². The van der Waals surface area contributed by atoms with Gasteiger partial charge in [-0.15, -0.1) is 0 Å². The van der Waals surface area contributed by atoms with Gasteiger partial charge in [-0.1, -0.05) is 24.3 Å². The molecule has 28 heavy (non-hydrogen) atoms. The summed E-state index contributed by atoms with van der Waals surface area (Å²) in [5.41, 5.74) is -0.103. The molecule has 0 saturated carbocycles. The maximum Gasteiger partial charge on any atom is 0.416 e. The highest BCUT2D eigenvalue weighted by Crippen LogP contribution is 2.30. The summed E-state index contributed by atoms with van der Waals surface area (Å²) in [5, 5.41) is 5.20. The molecule has 0 fully saturated rings. The van der Waals surface area contributed by atoms with Crippen LogP contribution in [0.2, 0.25) is 0 Å². The van der Waals surface area contributed by atoms with Crippen LogP contribution in [-0.4, -0.2) is 11.8 Å². The molecule has 0 saturated heterocycles. The lowest BCUT2D eigenvalue weighted by molar-refractivity contribution is -0.137. The molecule has 1 atom stereocenters. The normalized spacial score (nSPS) is 16.0. The van der Waals surface area contributed by atoms with Crippen LogP contribution in [0.25, 0.3) is 0 Å². The van der Waals surface area contributed by atoms with Gasteiger partial charge < -0.3 is 10.6 Å². The quantitative estimate of drug-likeness (QED) is 0.687. The molecule has 2 amide bonds. The summed E-state index contributed by atoms with van der Waals surface area (Å²) < 4.78 is 38.4. The van der Waals surface area contributed by atoms with Gasteiger partial charge in [0.2, 0.25) is 5.91 Å². The highest BCUT2D eigenvalue weighted by molar-refractivity contribution is 6.05. The number of carbonyl (C=O) groups excluding carboxylic acids is 2. The van der Waals surface area contributed by atoms with Crippen molar-refractivity contribution in [3.05, 3.63) is 71.8 Å². The number of alkyl halides is 3. The third-order valence-electron chi connectivity index (χ3n) is 4.42. The number of rotatable bonds is 5. The van der Waals surface area contributed by atoms with Crippen LogP contribution in [0.3, 0.4) is 0 Å². The van der Waals surface area contributed by atoms with Gasteiger partial charge in [0.15, 0.2) is 0 Å². The van der Waals surface area contributed by atoms with Crippen molar-refractivity contribution >= 4 is 23.2 Å². The van der Waals surface area contributed by atoms with E-state index >= 15 is 0 Å². The van der Waals surface area contributed by atoms with Crippen LogP contribution in [0.5, 0.6) is 0 Å². The average Bonchev–Trinajstić information content (AvgIpc) is 3.14. The molecule has 0 spiro atoms. The van der Waals surface area contributed by atoms with Crippen molar-refractivity contribution in [1.29, 1.82) is 0 Å². The van der Waals surface area contributed by atoms with Crippen LogP contribution in [0.1, 0.15) is 35.2 Å². The molecule has 1 aliphatic carbocycles. The molecule has 0 bridgehead atoms. The minimum absolute atomic E-state index is 0.0438. The van der Waals surface area contributed by atoms with Gasteiger partial charge in [0.25, 0.3) is 5.91 Å². The van der Waals surface area contributed by atoms with Gasteiger partial charge in [0, 0.05) is 23.4 Å². The van der Waals surface area contributed by atoms with E-state index in [-0.39, 0.29) is 23.1 Å². The maximum absolute atomic E-state index is 12.8. The fourth-order valence-electron chi connectivity index (χ4n) is 3.03. The van der Waals surface area contributed by atoms with Crippen LogP contribution >= 0.6 is 0 Å². The zero-order chi connectivity index (χ0) is 20.1. The molecule has 1 aliphatic rings. The van der Waals surface area contributed by atoms with Gasteiger partial charge in [-0.05, 0) is 55.2 Å². The summed E-state index contributed by atoms with van der Waals surface area (Å²) in [6, 6.07) is 10.7. The summed E-state index contributed by atoms with van der Waals surface area (Å²) in [5.74, 6) is -0.478. The summed E-state index contributed by atoms with van der Waals surface area (Å²) in [7, 11) is 0. The average molecular weight is 388 g/mol. The van der Waals surface area contributed by atoms with E-state index in [1.54, 1.807) is 12.1 Å². The standard InChI is InChI=1S/C21H19F3N2O2/c22-21(23,24)16-8-4-10-18(13-16)26-20(28)15-7-3-9-17(12-15)25-19(27)11-14-5-1-2-6-14/h1,3-5,7-10,12-14H,2,6,11H2,(H,25,27)(H,26,28)/t14-/m0/s1. The number of amides is 2. The Labute approximate surface area is 160 Å². The maximum atomic E-state index is 12.8. The van der Waals surface area contributed by atoms with Gasteiger partial charge in [0.1, 0.15) is 0 Å². The number of halogens is 3. The molecule has 0 heterocycles. The summed E-state index contributed by atoms with van der Waals surface area (Å²) >= 11 is 0. The second-order valence-electron chi connectivity index (χ2n) is 6.63. The molecule has 2 N–H and O–H groups in total. The Kier molecular flexibility index (Phi) is 5.82. The predicted molar refractivity (Wildman–Crippen MR) is 101 cm³/mol. The zero-order valence-electron chi connectivity index (χ0n) is 14.9. The lowest BCUT2D eigenvalue weighted by Crippen LogP contribution is -2.16. The van der Waals surface area contributed by atoms with E-state index in [2.05, 4.69) is 16.7 Å². The first-order valence-corrected chi connectivity index (χ1v) is 8.86. The fraction of sp³-hybridized carbons (Fsp3) is 0.238. The van der Waals surface area contributed by atoms with E-state index < -0.39 is 17.6 Å². The lowest BCUT2D eigenvalue weighted by atomic mass is 10.0. The molecule has 0 radical (unpaired) electrons. The van der Waals surface area contributed by atoms with Gasteiger partial charge in [0.05, 0.1) is 5.56 Å². The molecule has 2 aromatic carbocycles. The Hall–Kier alpha value is -3.09. The largest absolute Gasteiger partial charge is 0.416 e. The molecule has 2 aromatic rings. The Balaban J connectivity index is 1.65. The molecular formula is C21H19F3N2O2. The monoisotopic (exact) mass is 388 g/mol. The molecule has 4 nitrogen and oxygen atoms in total. The molecule has 0 aromatic heterocycles. The van der Waals surface area contributed by atoms with Crippen molar-refractivity contribution in [1.82, 2.24) is 0 Å². The van der Waals surface area contributed by atoms with Crippen molar-refractivity contribution in [2.75, 3.05) is 10.6 Å². The Morgan fingerprint density at radius 2 is 1.71 bits per heavy atom. The van der Waals surface area contributed by atoms with E-state index in [1.807, 2.05) is 6.08 Å². The highest BCUT2D eigenvalue weighted by atomic mass is 19.4. The van der Waals surface area contributed by atoms with E-state index in [9.17, 15) is 22.8 Å². The number of hydrogen-bond acceptors (Lipinski definition) is 2. The summed E-state index contributed by atoms with van der Waals surface area (Å²) in [4.78, 5) is 24.5. The van der Waals surface area contributed by atoms with Crippen LogP contribution in [0.4, 0.5) is 24.5 Å². The minimum Gasteiger partial charge on any atom is -0.326 e. The van der Waals surface area contributed by atoms with Crippen molar-refractivity contribution in [3.8, 4) is 0 Å². The number of allylic oxidation sites excluding steroid dienone is 2. The fourth-order valence-corrected chi connectivity index (χ4v) is 3.03. The van der Waals surface area contributed by atoms with Gasteiger partial charge in [-0.25, -0.2) is 0 Å². The number of benzene rings is 2. The number of hydrogen-bond donors (Lipinski definition) is 2. The molecular weight excluding hydrogens is 369 g/mol.